The van der Waals surface area contributed by atoms with Gasteiger partial charge in [0.2, 0.25) is 10.0 Å². The highest BCUT2D eigenvalue weighted by molar-refractivity contribution is 7.89. The molecule has 0 fully saturated rings. The van der Waals surface area contributed by atoms with Gasteiger partial charge in [-0.2, -0.15) is 0 Å². The smallest absolute Gasteiger partial charge is 0.240 e. The molecule has 0 aliphatic carbocycles. The number of fused-ring (bicyclic) bond motifs is 1. The molecule has 1 aromatic heterocycles. The maximum absolute atomic E-state index is 12.2. The van der Waals surface area contributed by atoms with E-state index >= 15 is 0 Å². The first kappa shape index (κ1) is 13.8. The number of rotatable bonds is 4. The summed E-state index contributed by atoms with van der Waals surface area (Å²) in [4.78, 5) is 7.41. The van der Waals surface area contributed by atoms with Crippen LogP contribution in [-0.4, -0.2) is 18.4 Å². The topological polar surface area (TPSA) is 74.8 Å². The molecule has 3 rings (SSSR count). The van der Waals surface area contributed by atoms with Crippen LogP contribution in [0.25, 0.3) is 11.0 Å². The highest BCUT2D eigenvalue weighted by Crippen LogP contribution is 2.13. The zero-order valence-electron chi connectivity index (χ0n) is 11.5. The minimum Gasteiger partial charge on any atom is -0.345 e. The van der Waals surface area contributed by atoms with Crippen molar-refractivity contribution in [2.75, 3.05) is 0 Å². The van der Waals surface area contributed by atoms with Crippen LogP contribution in [0.5, 0.6) is 0 Å². The van der Waals surface area contributed by atoms with Crippen LogP contribution in [0.2, 0.25) is 0 Å². The molecule has 21 heavy (non-hydrogen) atoms. The molecule has 0 unspecified atom stereocenters. The van der Waals surface area contributed by atoms with E-state index in [-0.39, 0.29) is 11.4 Å². The number of hydrogen-bond acceptors (Lipinski definition) is 3. The maximum atomic E-state index is 12.2. The number of aromatic nitrogens is 2. The Kier molecular flexibility index (Phi) is 3.48. The van der Waals surface area contributed by atoms with Crippen molar-refractivity contribution < 1.29 is 8.42 Å². The molecule has 0 saturated heterocycles. The Labute approximate surface area is 123 Å². The first-order valence-electron chi connectivity index (χ1n) is 6.53. The van der Waals surface area contributed by atoms with Crippen LogP contribution in [0, 0.1) is 6.92 Å². The van der Waals surface area contributed by atoms with Gasteiger partial charge in [0, 0.05) is 6.54 Å². The number of nitrogens with zero attached hydrogens (tertiary/aromatic N) is 1. The van der Waals surface area contributed by atoms with E-state index in [1.165, 1.54) is 0 Å². The molecule has 0 radical (unpaired) electrons. The van der Waals surface area contributed by atoms with Gasteiger partial charge in [0.25, 0.3) is 0 Å². The minimum atomic E-state index is -3.49. The normalized spacial score (nSPS) is 11.9. The second-order valence-electron chi connectivity index (χ2n) is 4.89. The molecule has 2 N–H and O–H groups in total. The first-order valence-corrected chi connectivity index (χ1v) is 8.01. The predicted molar refractivity (Wildman–Crippen MR) is 81.3 cm³/mol. The van der Waals surface area contributed by atoms with Crippen LogP contribution in [0.15, 0.2) is 53.7 Å². The lowest BCUT2D eigenvalue weighted by molar-refractivity contribution is 0.581. The lowest BCUT2D eigenvalue weighted by Crippen LogP contribution is -2.23. The lowest BCUT2D eigenvalue weighted by atomic mass is 10.2. The van der Waals surface area contributed by atoms with Crippen molar-refractivity contribution in [2.24, 2.45) is 0 Å². The van der Waals surface area contributed by atoms with Crippen molar-refractivity contribution >= 4 is 21.1 Å². The summed E-state index contributed by atoms with van der Waals surface area (Å²) < 4.78 is 27.0. The van der Waals surface area contributed by atoms with E-state index in [1.54, 1.807) is 30.6 Å². The fourth-order valence-corrected chi connectivity index (χ4v) is 3.09. The van der Waals surface area contributed by atoms with Crippen molar-refractivity contribution in [1.29, 1.82) is 0 Å². The third-order valence-electron chi connectivity index (χ3n) is 3.28. The second kappa shape index (κ2) is 5.31. The summed E-state index contributed by atoms with van der Waals surface area (Å²) in [5, 5.41) is 0. The van der Waals surface area contributed by atoms with Gasteiger partial charge in [-0.1, -0.05) is 23.8 Å². The van der Waals surface area contributed by atoms with Gasteiger partial charge >= 0.3 is 0 Å². The van der Waals surface area contributed by atoms with E-state index in [1.807, 2.05) is 25.1 Å². The molecule has 108 valence electrons. The highest BCUT2D eigenvalue weighted by Gasteiger charge is 2.13. The van der Waals surface area contributed by atoms with Gasteiger partial charge in [0.15, 0.2) is 0 Å². The molecular weight excluding hydrogens is 286 g/mol. The van der Waals surface area contributed by atoms with Gasteiger partial charge in [0.05, 0.1) is 22.3 Å². The second-order valence-corrected chi connectivity index (χ2v) is 6.66. The number of imidazole rings is 1. The van der Waals surface area contributed by atoms with E-state index in [2.05, 4.69) is 14.7 Å². The Morgan fingerprint density at radius 3 is 2.67 bits per heavy atom. The van der Waals surface area contributed by atoms with Crippen molar-refractivity contribution in [3.8, 4) is 0 Å². The fourth-order valence-electron chi connectivity index (χ4n) is 2.07. The molecule has 5 nitrogen and oxygen atoms in total. The third kappa shape index (κ3) is 2.96. The number of hydrogen-bond donors (Lipinski definition) is 2. The van der Waals surface area contributed by atoms with Gasteiger partial charge < -0.3 is 4.98 Å². The molecule has 0 atom stereocenters. The monoisotopic (exact) mass is 301 g/mol. The standard InChI is InChI=1S/C15H15N3O2S/c1-11-2-5-13(6-3-11)21(19,20)18-9-12-4-7-14-15(8-12)17-10-16-14/h2-8,10,18H,9H2,1H3,(H,16,17). The Bertz CT molecular complexity index is 867. The van der Waals surface area contributed by atoms with E-state index in [9.17, 15) is 8.42 Å². The zero-order valence-corrected chi connectivity index (χ0v) is 12.3. The average Bonchev–Trinajstić information content (AvgIpc) is 2.93. The van der Waals surface area contributed by atoms with Crippen LogP contribution in [0.3, 0.4) is 0 Å². The van der Waals surface area contributed by atoms with Crippen LogP contribution >= 0.6 is 0 Å². The van der Waals surface area contributed by atoms with Crippen molar-refractivity contribution in [1.82, 2.24) is 14.7 Å². The Balaban J connectivity index is 1.78. The Morgan fingerprint density at radius 2 is 1.90 bits per heavy atom. The van der Waals surface area contributed by atoms with Crippen molar-refractivity contribution in [2.45, 2.75) is 18.4 Å². The van der Waals surface area contributed by atoms with Crippen LogP contribution in [0.4, 0.5) is 0 Å². The fraction of sp³-hybridized carbons (Fsp3) is 0.133. The van der Waals surface area contributed by atoms with Gasteiger partial charge in [0.1, 0.15) is 0 Å². The lowest BCUT2D eigenvalue weighted by Gasteiger charge is -2.07. The average molecular weight is 301 g/mol. The Morgan fingerprint density at radius 1 is 1.14 bits per heavy atom. The molecule has 0 amide bonds. The van der Waals surface area contributed by atoms with Crippen LogP contribution in [-0.2, 0) is 16.6 Å². The van der Waals surface area contributed by atoms with Gasteiger partial charge in [-0.25, -0.2) is 18.1 Å². The van der Waals surface area contributed by atoms with E-state index in [4.69, 9.17) is 0 Å². The third-order valence-corrected chi connectivity index (χ3v) is 4.70. The minimum absolute atomic E-state index is 0.241. The summed E-state index contributed by atoms with van der Waals surface area (Å²) in [6.45, 7) is 2.16. The summed E-state index contributed by atoms with van der Waals surface area (Å²) in [5.41, 5.74) is 3.66. The number of H-pyrrole nitrogens is 1. The summed E-state index contributed by atoms with van der Waals surface area (Å²) in [7, 11) is -3.49. The maximum Gasteiger partial charge on any atom is 0.240 e. The first-order chi connectivity index (χ1) is 10.0. The molecular formula is C15H15N3O2S. The van der Waals surface area contributed by atoms with Crippen molar-refractivity contribution in [3.63, 3.8) is 0 Å². The molecule has 0 aliphatic rings. The van der Waals surface area contributed by atoms with Crippen LogP contribution in [0.1, 0.15) is 11.1 Å². The summed E-state index contributed by atoms with van der Waals surface area (Å²) in [5.74, 6) is 0. The van der Waals surface area contributed by atoms with E-state index in [0.29, 0.717) is 0 Å². The van der Waals surface area contributed by atoms with Crippen LogP contribution < -0.4 is 4.72 Å². The number of aromatic amines is 1. The zero-order chi connectivity index (χ0) is 14.9. The van der Waals surface area contributed by atoms with Gasteiger partial charge in [-0.05, 0) is 36.8 Å². The molecule has 1 heterocycles. The summed E-state index contributed by atoms with van der Waals surface area (Å²) in [6.07, 6.45) is 1.62. The molecule has 0 bridgehead atoms. The predicted octanol–water partition coefficient (Wildman–Crippen LogP) is 2.35. The molecule has 6 heteroatoms. The number of nitrogens with one attached hydrogen (secondary N) is 2. The number of sulfonamides is 1. The van der Waals surface area contributed by atoms with Gasteiger partial charge in [-0.3, -0.25) is 0 Å². The quantitative estimate of drug-likeness (QED) is 0.776. The highest BCUT2D eigenvalue weighted by atomic mass is 32.2. The molecule has 0 aliphatic heterocycles. The SMILES string of the molecule is Cc1ccc(S(=O)(=O)NCc2ccc3nc[nH]c3c2)cc1. The molecule has 0 spiro atoms. The largest absolute Gasteiger partial charge is 0.345 e. The van der Waals surface area contributed by atoms with E-state index < -0.39 is 10.0 Å². The van der Waals surface area contributed by atoms with Gasteiger partial charge in [-0.15, -0.1) is 0 Å². The number of aryl methyl sites for hydroxylation is 1. The Hall–Kier alpha value is -2.18. The molecule has 3 aromatic rings. The molecule has 2 aromatic carbocycles. The van der Waals surface area contributed by atoms with Crippen molar-refractivity contribution in [3.05, 3.63) is 59.9 Å². The molecule has 0 saturated carbocycles. The summed E-state index contributed by atoms with van der Waals surface area (Å²) in [6, 6.07) is 12.4. The summed E-state index contributed by atoms with van der Waals surface area (Å²) >= 11 is 0. The van der Waals surface area contributed by atoms with E-state index in [0.717, 1.165) is 22.2 Å². The number of benzene rings is 2.